The Labute approximate surface area is 128 Å². The first-order valence-electron chi connectivity index (χ1n) is 6.12. The van der Waals surface area contributed by atoms with E-state index in [1.807, 2.05) is 24.3 Å². The fourth-order valence-corrected chi connectivity index (χ4v) is 2.44. The van der Waals surface area contributed by atoms with E-state index in [2.05, 4.69) is 0 Å². The van der Waals surface area contributed by atoms with Gasteiger partial charge >= 0.3 is 5.97 Å². The van der Waals surface area contributed by atoms with Crippen molar-refractivity contribution in [1.82, 2.24) is 0 Å². The summed E-state index contributed by atoms with van der Waals surface area (Å²) in [6.45, 7) is 3.36. The summed E-state index contributed by atoms with van der Waals surface area (Å²) in [5.41, 5.74) is 1.49. The van der Waals surface area contributed by atoms with Gasteiger partial charge in [-0.3, -0.25) is 4.79 Å². The maximum atomic E-state index is 11.3. The SMILES string of the molecule is CC(C)(C(=O)O)c1cccc(-c2ccc(Cl)cc2Cl)c1. The van der Waals surface area contributed by atoms with Crippen LogP contribution in [0.15, 0.2) is 42.5 Å². The molecule has 2 aromatic rings. The Morgan fingerprint density at radius 3 is 2.40 bits per heavy atom. The van der Waals surface area contributed by atoms with Crippen molar-refractivity contribution in [2.75, 3.05) is 0 Å². The maximum Gasteiger partial charge on any atom is 0.313 e. The summed E-state index contributed by atoms with van der Waals surface area (Å²) in [4.78, 5) is 11.3. The quantitative estimate of drug-likeness (QED) is 0.864. The van der Waals surface area contributed by atoms with Gasteiger partial charge in [-0.05, 0) is 43.2 Å². The van der Waals surface area contributed by atoms with E-state index in [0.717, 1.165) is 16.7 Å². The Kier molecular flexibility index (Phi) is 4.07. The van der Waals surface area contributed by atoms with Gasteiger partial charge in [0.1, 0.15) is 0 Å². The van der Waals surface area contributed by atoms with Crippen molar-refractivity contribution in [3.63, 3.8) is 0 Å². The predicted molar refractivity (Wildman–Crippen MR) is 82.6 cm³/mol. The second-order valence-electron chi connectivity index (χ2n) is 5.14. The predicted octanol–water partition coefficient (Wildman–Crippen LogP) is 5.02. The molecule has 1 N–H and O–H groups in total. The molecule has 2 nitrogen and oxygen atoms in total. The van der Waals surface area contributed by atoms with Crippen LogP contribution in [0.1, 0.15) is 19.4 Å². The summed E-state index contributed by atoms with van der Waals surface area (Å²) in [5, 5.41) is 10.4. The highest BCUT2D eigenvalue weighted by atomic mass is 35.5. The minimum atomic E-state index is -0.949. The van der Waals surface area contributed by atoms with Crippen molar-refractivity contribution >= 4 is 29.2 Å². The summed E-state index contributed by atoms with van der Waals surface area (Å²) < 4.78 is 0. The first kappa shape index (κ1) is 14.9. The summed E-state index contributed by atoms with van der Waals surface area (Å²) in [6, 6.07) is 12.7. The van der Waals surface area contributed by atoms with Crippen LogP contribution in [0.25, 0.3) is 11.1 Å². The minimum Gasteiger partial charge on any atom is -0.481 e. The fourth-order valence-electron chi connectivity index (χ4n) is 1.92. The van der Waals surface area contributed by atoms with Crippen molar-refractivity contribution in [2.45, 2.75) is 19.3 Å². The normalized spacial score (nSPS) is 11.4. The monoisotopic (exact) mass is 308 g/mol. The molecule has 0 atom stereocenters. The zero-order valence-corrected chi connectivity index (χ0v) is 12.7. The molecule has 104 valence electrons. The molecule has 0 fully saturated rings. The lowest BCUT2D eigenvalue weighted by atomic mass is 9.83. The molecular weight excluding hydrogens is 295 g/mol. The Morgan fingerprint density at radius 2 is 1.80 bits per heavy atom. The van der Waals surface area contributed by atoms with E-state index in [0.29, 0.717) is 10.0 Å². The van der Waals surface area contributed by atoms with Crippen LogP contribution in [0.2, 0.25) is 10.0 Å². The van der Waals surface area contributed by atoms with Crippen LogP contribution in [0.4, 0.5) is 0 Å². The molecule has 0 saturated carbocycles. The van der Waals surface area contributed by atoms with Crippen LogP contribution >= 0.6 is 23.2 Å². The molecule has 0 amide bonds. The molecule has 0 spiro atoms. The molecule has 0 aliphatic rings. The van der Waals surface area contributed by atoms with Crippen molar-refractivity contribution in [3.8, 4) is 11.1 Å². The first-order chi connectivity index (χ1) is 9.32. The van der Waals surface area contributed by atoms with Gasteiger partial charge in [0.05, 0.1) is 5.41 Å². The average molecular weight is 309 g/mol. The highest BCUT2D eigenvalue weighted by Gasteiger charge is 2.29. The number of hydrogen-bond donors (Lipinski definition) is 1. The van der Waals surface area contributed by atoms with Crippen LogP contribution in [0.3, 0.4) is 0 Å². The molecule has 2 rings (SSSR count). The molecule has 2 aromatic carbocycles. The topological polar surface area (TPSA) is 37.3 Å². The smallest absolute Gasteiger partial charge is 0.313 e. The Balaban J connectivity index is 2.52. The van der Waals surface area contributed by atoms with Crippen molar-refractivity contribution in [3.05, 3.63) is 58.1 Å². The van der Waals surface area contributed by atoms with Gasteiger partial charge in [0.25, 0.3) is 0 Å². The minimum absolute atomic E-state index is 0.544. The van der Waals surface area contributed by atoms with E-state index < -0.39 is 11.4 Å². The third kappa shape index (κ3) is 2.82. The third-order valence-corrected chi connectivity index (χ3v) is 3.91. The number of hydrogen-bond acceptors (Lipinski definition) is 1. The number of carbonyl (C=O) groups is 1. The van der Waals surface area contributed by atoms with Crippen LogP contribution in [0, 0.1) is 0 Å². The zero-order chi connectivity index (χ0) is 14.9. The number of rotatable bonds is 3. The van der Waals surface area contributed by atoms with E-state index in [4.69, 9.17) is 23.2 Å². The molecule has 0 aliphatic carbocycles. The van der Waals surface area contributed by atoms with Gasteiger partial charge in [-0.25, -0.2) is 0 Å². The van der Waals surface area contributed by atoms with E-state index >= 15 is 0 Å². The summed E-state index contributed by atoms with van der Waals surface area (Å²) >= 11 is 12.1. The van der Waals surface area contributed by atoms with Gasteiger partial charge < -0.3 is 5.11 Å². The van der Waals surface area contributed by atoms with Crippen LogP contribution in [-0.4, -0.2) is 11.1 Å². The van der Waals surface area contributed by atoms with Crippen molar-refractivity contribution in [1.29, 1.82) is 0 Å². The lowest BCUT2D eigenvalue weighted by Crippen LogP contribution is -2.28. The first-order valence-corrected chi connectivity index (χ1v) is 6.87. The summed E-state index contributed by atoms with van der Waals surface area (Å²) in [7, 11) is 0. The second-order valence-corrected chi connectivity index (χ2v) is 5.98. The van der Waals surface area contributed by atoms with Gasteiger partial charge in [0.15, 0.2) is 0 Å². The third-order valence-electron chi connectivity index (χ3n) is 3.36. The zero-order valence-electron chi connectivity index (χ0n) is 11.2. The molecule has 0 unspecified atom stereocenters. The molecule has 0 bridgehead atoms. The fraction of sp³-hybridized carbons (Fsp3) is 0.188. The lowest BCUT2D eigenvalue weighted by Gasteiger charge is -2.20. The molecule has 0 aromatic heterocycles. The Bertz CT molecular complexity index is 663. The number of benzene rings is 2. The number of aliphatic carboxylic acids is 1. The highest BCUT2D eigenvalue weighted by molar-refractivity contribution is 6.36. The maximum absolute atomic E-state index is 11.3. The molecule has 20 heavy (non-hydrogen) atoms. The van der Waals surface area contributed by atoms with E-state index in [-0.39, 0.29) is 0 Å². The van der Waals surface area contributed by atoms with Gasteiger partial charge in [0.2, 0.25) is 0 Å². The largest absolute Gasteiger partial charge is 0.481 e. The average Bonchev–Trinajstić information content (AvgIpc) is 2.38. The summed E-state index contributed by atoms with van der Waals surface area (Å²) in [5.74, 6) is -0.864. The van der Waals surface area contributed by atoms with Gasteiger partial charge in [-0.2, -0.15) is 0 Å². The number of carboxylic acid groups (broad SMARTS) is 1. The van der Waals surface area contributed by atoms with Crippen LogP contribution < -0.4 is 0 Å². The molecule has 0 aliphatic heterocycles. The van der Waals surface area contributed by atoms with Crippen LogP contribution in [0.5, 0.6) is 0 Å². The molecule has 0 radical (unpaired) electrons. The molecule has 0 saturated heterocycles. The van der Waals surface area contributed by atoms with Crippen molar-refractivity contribution in [2.24, 2.45) is 0 Å². The Hall–Kier alpha value is -1.51. The van der Waals surface area contributed by atoms with Gasteiger partial charge in [0, 0.05) is 15.6 Å². The van der Waals surface area contributed by atoms with Gasteiger partial charge in [-0.15, -0.1) is 0 Å². The van der Waals surface area contributed by atoms with E-state index in [9.17, 15) is 9.90 Å². The molecular formula is C16H14Cl2O2. The lowest BCUT2D eigenvalue weighted by molar-refractivity contribution is -0.142. The van der Waals surface area contributed by atoms with Gasteiger partial charge in [-0.1, -0.05) is 47.5 Å². The number of halogens is 2. The molecule has 0 heterocycles. The van der Waals surface area contributed by atoms with Crippen LogP contribution in [-0.2, 0) is 10.2 Å². The Morgan fingerprint density at radius 1 is 1.10 bits per heavy atom. The van der Waals surface area contributed by atoms with E-state index in [1.54, 1.807) is 32.0 Å². The standard InChI is InChI=1S/C16H14Cl2O2/c1-16(2,15(19)20)11-5-3-4-10(8-11)13-7-6-12(17)9-14(13)18/h3-9H,1-2H3,(H,19,20). The molecule has 4 heteroatoms. The summed E-state index contributed by atoms with van der Waals surface area (Å²) in [6.07, 6.45) is 0. The highest BCUT2D eigenvalue weighted by Crippen LogP contribution is 2.33. The number of carboxylic acids is 1. The second kappa shape index (κ2) is 5.47. The van der Waals surface area contributed by atoms with E-state index in [1.165, 1.54) is 0 Å². The van der Waals surface area contributed by atoms with Crippen molar-refractivity contribution < 1.29 is 9.90 Å².